The maximum Gasteiger partial charge on any atom is 0.315 e. The largest absolute Gasteiger partial charge is 0.465 e. The van der Waals surface area contributed by atoms with E-state index in [9.17, 15) is 13.6 Å². The molecule has 1 unspecified atom stereocenters. The molecule has 1 rings (SSSR count). The van der Waals surface area contributed by atoms with Gasteiger partial charge in [-0.15, -0.1) is 11.8 Å². The molecule has 0 bridgehead atoms. The number of carbonyl (C=O) groups is 1. The van der Waals surface area contributed by atoms with E-state index in [1.54, 1.807) is 6.92 Å². The predicted molar refractivity (Wildman–Crippen MR) is 67.2 cm³/mol. The van der Waals surface area contributed by atoms with E-state index >= 15 is 0 Å². The van der Waals surface area contributed by atoms with Crippen LogP contribution in [0.2, 0.25) is 0 Å². The molecule has 0 radical (unpaired) electrons. The lowest BCUT2D eigenvalue weighted by Crippen LogP contribution is -2.15. The Kier molecular flexibility index (Phi) is 6.07. The molecule has 0 heterocycles. The lowest BCUT2D eigenvalue weighted by atomic mass is 10.1. The van der Waals surface area contributed by atoms with Gasteiger partial charge in [-0.3, -0.25) is 4.79 Å². The maximum atomic E-state index is 13.0. The molecule has 2 N–H and O–H groups in total. The molecule has 18 heavy (non-hydrogen) atoms. The van der Waals surface area contributed by atoms with Crippen LogP contribution < -0.4 is 5.73 Å². The van der Waals surface area contributed by atoms with Gasteiger partial charge in [0.1, 0.15) is 0 Å². The average molecular weight is 275 g/mol. The van der Waals surface area contributed by atoms with Crippen molar-refractivity contribution in [2.24, 2.45) is 5.73 Å². The molecule has 1 aromatic carbocycles. The number of hydrogen-bond donors (Lipinski definition) is 1. The van der Waals surface area contributed by atoms with Crippen LogP contribution in [0.5, 0.6) is 0 Å². The van der Waals surface area contributed by atoms with Gasteiger partial charge in [-0.1, -0.05) is 6.07 Å². The minimum absolute atomic E-state index is 0.200. The standard InChI is InChI=1S/C12H15F2NO2S/c1-2-17-12(16)7-18-6-11(15)8-3-4-9(13)10(14)5-8/h3-5,11H,2,6-7,15H2,1H3. The first-order chi connectivity index (χ1) is 8.54. The van der Waals surface area contributed by atoms with Gasteiger partial charge in [0.2, 0.25) is 0 Å². The van der Waals surface area contributed by atoms with E-state index in [0.717, 1.165) is 12.1 Å². The van der Waals surface area contributed by atoms with Crippen LogP contribution in [0, 0.1) is 11.6 Å². The first-order valence-corrected chi connectivity index (χ1v) is 6.64. The van der Waals surface area contributed by atoms with Crippen molar-refractivity contribution in [2.75, 3.05) is 18.1 Å². The van der Waals surface area contributed by atoms with Gasteiger partial charge in [-0.05, 0) is 24.6 Å². The van der Waals surface area contributed by atoms with Gasteiger partial charge < -0.3 is 10.5 Å². The van der Waals surface area contributed by atoms with E-state index in [4.69, 9.17) is 10.5 Å². The van der Waals surface area contributed by atoms with E-state index in [1.165, 1.54) is 17.8 Å². The van der Waals surface area contributed by atoms with Gasteiger partial charge in [-0.2, -0.15) is 0 Å². The van der Waals surface area contributed by atoms with Crippen LogP contribution in [0.3, 0.4) is 0 Å². The van der Waals surface area contributed by atoms with Gasteiger partial charge in [0, 0.05) is 11.8 Å². The van der Waals surface area contributed by atoms with E-state index in [-0.39, 0.29) is 11.7 Å². The summed E-state index contributed by atoms with van der Waals surface area (Å²) in [5.74, 6) is -1.49. The second-order valence-electron chi connectivity index (χ2n) is 3.60. The van der Waals surface area contributed by atoms with Crippen LogP contribution >= 0.6 is 11.8 Å². The van der Waals surface area contributed by atoms with E-state index < -0.39 is 17.7 Å². The van der Waals surface area contributed by atoms with E-state index in [0.29, 0.717) is 17.9 Å². The molecule has 0 amide bonds. The predicted octanol–water partition coefficient (Wildman–Crippen LogP) is 2.26. The van der Waals surface area contributed by atoms with Crippen molar-refractivity contribution in [1.29, 1.82) is 0 Å². The van der Waals surface area contributed by atoms with Gasteiger partial charge in [0.25, 0.3) is 0 Å². The quantitative estimate of drug-likeness (QED) is 0.809. The highest BCUT2D eigenvalue weighted by Gasteiger charge is 2.11. The Labute approximate surface area is 109 Å². The zero-order valence-electron chi connectivity index (χ0n) is 9.99. The molecule has 3 nitrogen and oxygen atoms in total. The third kappa shape index (κ3) is 4.62. The van der Waals surface area contributed by atoms with Crippen molar-refractivity contribution in [1.82, 2.24) is 0 Å². The summed E-state index contributed by atoms with van der Waals surface area (Å²) < 4.78 is 30.5. The molecule has 0 aliphatic carbocycles. The smallest absolute Gasteiger partial charge is 0.315 e. The Balaban J connectivity index is 2.43. The molecular formula is C12H15F2NO2S. The zero-order valence-corrected chi connectivity index (χ0v) is 10.8. The summed E-state index contributed by atoms with van der Waals surface area (Å²) in [5.41, 5.74) is 6.32. The number of ether oxygens (including phenoxy) is 1. The number of thioether (sulfide) groups is 1. The van der Waals surface area contributed by atoms with Crippen molar-refractivity contribution < 1.29 is 18.3 Å². The van der Waals surface area contributed by atoms with Crippen molar-refractivity contribution in [3.63, 3.8) is 0 Å². The first kappa shape index (κ1) is 14.9. The van der Waals surface area contributed by atoms with Crippen LogP contribution in [-0.2, 0) is 9.53 Å². The average Bonchev–Trinajstić information content (AvgIpc) is 2.33. The summed E-state index contributed by atoms with van der Waals surface area (Å²) in [6, 6.07) is 3.11. The molecule has 100 valence electrons. The summed E-state index contributed by atoms with van der Waals surface area (Å²) in [5, 5.41) is 0. The van der Waals surface area contributed by atoms with Crippen molar-refractivity contribution in [3.05, 3.63) is 35.4 Å². The molecule has 1 aromatic rings. The van der Waals surface area contributed by atoms with Gasteiger partial charge in [0.05, 0.1) is 12.4 Å². The minimum atomic E-state index is -0.918. The van der Waals surface area contributed by atoms with Crippen LogP contribution in [-0.4, -0.2) is 24.1 Å². The lowest BCUT2D eigenvalue weighted by molar-refractivity contribution is -0.139. The van der Waals surface area contributed by atoms with E-state index in [1.807, 2.05) is 0 Å². The number of carbonyl (C=O) groups excluding carboxylic acids is 1. The molecule has 0 aromatic heterocycles. The van der Waals surface area contributed by atoms with E-state index in [2.05, 4.69) is 0 Å². The Hall–Kier alpha value is -1.14. The Bertz CT molecular complexity index is 415. The Morgan fingerprint density at radius 1 is 1.44 bits per heavy atom. The summed E-state index contributed by atoms with van der Waals surface area (Å²) in [6.45, 7) is 2.07. The van der Waals surface area contributed by atoms with Crippen LogP contribution in [0.15, 0.2) is 18.2 Å². The number of benzene rings is 1. The second-order valence-corrected chi connectivity index (χ2v) is 4.63. The van der Waals surface area contributed by atoms with Gasteiger partial charge in [-0.25, -0.2) is 8.78 Å². The summed E-state index contributed by atoms with van der Waals surface area (Å²) in [6.07, 6.45) is 0. The Morgan fingerprint density at radius 2 is 2.17 bits per heavy atom. The Morgan fingerprint density at radius 3 is 2.78 bits per heavy atom. The minimum Gasteiger partial charge on any atom is -0.465 e. The fourth-order valence-electron chi connectivity index (χ4n) is 1.31. The number of esters is 1. The number of rotatable bonds is 6. The highest BCUT2D eigenvalue weighted by atomic mass is 32.2. The molecule has 0 spiro atoms. The first-order valence-electron chi connectivity index (χ1n) is 5.48. The van der Waals surface area contributed by atoms with Crippen molar-refractivity contribution >= 4 is 17.7 Å². The SMILES string of the molecule is CCOC(=O)CSCC(N)c1ccc(F)c(F)c1. The summed E-state index contributed by atoms with van der Waals surface area (Å²) >= 11 is 1.30. The van der Waals surface area contributed by atoms with Crippen molar-refractivity contribution in [3.8, 4) is 0 Å². The van der Waals surface area contributed by atoms with Gasteiger partial charge in [0.15, 0.2) is 11.6 Å². The zero-order chi connectivity index (χ0) is 13.5. The fraction of sp³-hybridized carbons (Fsp3) is 0.417. The molecule has 0 aliphatic heterocycles. The molecule has 6 heteroatoms. The summed E-state index contributed by atoms with van der Waals surface area (Å²) in [7, 11) is 0. The number of hydrogen-bond acceptors (Lipinski definition) is 4. The fourth-order valence-corrected chi connectivity index (χ4v) is 2.13. The summed E-state index contributed by atoms with van der Waals surface area (Å²) in [4.78, 5) is 11.1. The molecule has 0 saturated heterocycles. The third-order valence-electron chi connectivity index (χ3n) is 2.19. The number of halogens is 2. The van der Waals surface area contributed by atoms with Crippen molar-refractivity contribution in [2.45, 2.75) is 13.0 Å². The van der Waals surface area contributed by atoms with Crippen LogP contribution in [0.1, 0.15) is 18.5 Å². The van der Waals surface area contributed by atoms with Crippen LogP contribution in [0.4, 0.5) is 8.78 Å². The third-order valence-corrected chi connectivity index (χ3v) is 3.23. The highest BCUT2D eigenvalue weighted by Crippen LogP contribution is 2.18. The van der Waals surface area contributed by atoms with Gasteiger partial charge >= 0.3 is 5.97 Å². The topological polar surface area (TPSA) is 52.3 Å². The lowest BCUT2D eigenvalue weighted by Gasteiger charge is -2.11. The molecule has 0 aliphatic rings. The maximum absolute atomic E-state index is 13.0. The van der Waals surface area contributed by atoms with Crippen LogP contribution in [0.25, 0.3) is 0 Å². The molecule has 1 atom stereocenters. The number of nitrogens with two attached hydrogens (primary N) is 1. The monoisotopic (exact) mass is 275 g/mol. The normalized spacial score (nSPS) is 12.2. The molecule has 0 fully saturated rings. The highest BCUT2D eigenvalue weighted by molar-refractivity contribution is 7.99. The molecule has 0 saturated carbocycles. The molecular weight excluding hydrogens is 260 g/mol. The second kappa shape index (κ2) is 7.33.